The number of benzene rings is 1. The van der Waals surface area contributed by atoms with Crippen LogP contribution in [0.1, 0.15) is 18.4 Å². The molecule has 98 valence electrons. The highest BCUT2D eigenvalue weighted by molar-refractivity contribution is 14.1. The molecule has 1 aliphatic heterocycles. The number of carbonyl (C=O) groups excluding carboxylic acids is 1. The van der Waals surface area contributed by atoms with Gasteiger partial charge in [0.2, 0.25) is 5.91 Å². The maximum atomic E-state index is 11.7. The van der Waals surface area contributed by atoms with Crippen LogP contribution in [0, 0.1) is 3.57 Å². The topological polar surface area (TPSA) is 29.1 Å². The van der Waals surface area contributed by atoms with Gasteiger partial charge in [0.1, 0.15) is 5.88 Å². The molecule has 1 aliphatic rings. The van der Waals surface area contributed by atoms with Gasteiger partial charge in [-0.1, -0.05) is 12.1 Å². The van der Waals surface area contributed by atoms with Gasteiger partial charge < -0.3 is 5.32 Å². The molecule has 0 spiro atoms. The number of rotatable bonds is 3. The summed E-state index contributed by atoms with van der Waals surface area (Å²) < 4.78 is 1.20. The van der Waals surface area contributed by atoms with Crippen molar-refractivity contribution in [3.8, 4) is 0 Å². The second-order valence-electron chi connectivity index (χ2n) is 4.39. The molecule has 1 aromatic rings. The van der Waals surface area contributed by atoms with Gasteiger partial charge in [-0.25, -0.2) is 0 Å². The normalized spacial score (nSPS) is 18.3. The number of thioether (sulfide) groups is 1. The summed E-state index contributed by atoms with van der Waals surface area (Å²) in [5, 5.41) is 3.14. The van der Waals surface area contributed by atoms with Crippen LogP contribution in [-0.2, 0) is 10.3 Å². The van der Waals surface area contributed by atoms with Crippen molar-refractivity contribution >= 4 is 51.9 Å². The van der Waals surface area contributed by atoms with E-state index in [2.05, 4.69) is 46.1 Å². The van der Waals surface area contributed by atoms with Crippen molar-refractivity contribution < 1.29 is 4.79 Å². The van der Waals surface area contributed by atoms with E-state index in [1.54, 1.807) is 0 Å². The number of carbonyl (C=O) groups is 1. The molecule has 1 aromatic carbocycles. The van der Waals surface area contributed by atoms with Gasteiger partial charge >= 0.3 is 0 Å². The minimum atomic E-state index is -0.224. The first-order valence-corrected chi connectivity index (χ1v) is 8.64. The van der Waals surface area contributed by atoms with E-state index in [1.807, 2.05) is 17.8 Å². The Balaban J connectivity index is 2.31. The quantitative estimate of drug-likeness (QED) is 0.628. The molecular weight excluding hydrogens is 381 g/mol. The van der Waals surface area contributed by atoms with E-state index in [9.17, 15) is 4.79 Å². The van der Waals surface area contributed by atoms with E-state index in [-0.39, 0.29) is 17.3 Å². The Morgan fingerprint density at radius 1 is 1.44 bits per heavy atom. The molecule has 18 heavy (non-hydrogen) atoms. The number of alkyl halides is 1. The fourth-order valence-corrected chi connectivity index (χ4v) is 4.09. The van der Waals surface area contributed by atoms with E-state index in [0.717, 1.165) is 24.3 Å². The lowest BCUT2D eigenvalue weighted by Crippen LogP contribution is -2.48. The van der Waals surface area contributed by atoms with Gasteiger partial charge in [0.05, 0.1) is 5.54 Å². The van der Waals surface area contributed by atoms with Crippen molar-refractivity contribution in [2.24, 2.45) is 0 Å². The minimum Gasteiger partial charge on any atom is -0.345 e. The Labute approximate surface area is 130 Å². The van der Waals surface area contributed by atoms with Crippen molar-refractivity contribution in [3.63, 3.8) is 0 Å². The first-order valence-electron chi connectivity index (χ1n) is 5.87. The van der Waals surface area contributed by atoms with Gasteiger partial charge in [-0.3, -0.25) is 4.79 Å². The summed E-state index contributed by atoms with van der Waals surface area (Å²) in [6.45, 7) is 0. The van der Waals surface area contributed by atoms with E-state index in [1.165, 1.54) is 9.13 Å². The standard InChI is InChI=1S/C13H15ClINOS/c14-9-12(17)16-13(4-6-18-7-5-13)10-2-1-3-11(15)8-10/h1-3,8H,4-7,9H2,(H,16,17). The van der Waals surface area contributed by atoms with Crippen LogP contribution >= 0.6 is 46.0 Å². The molecule has 0 aliphatic carbocycles. The molecule has 0 unspecified atom stereocenters. The predicted octanol–water partition coefficient (Wildman–Crippen LogP) is 3.37. The molecule has 0 saturated carbocycles. The highest BCUT2D eigenvalue weighted by atomic mass is 127. The molecule has 2 nitrogen and oxygen atoms in total. The molecule has 5 heteroatoms. The van der Waals surface area contributed by atoms with Crippen molar-refractivity contribution in [2.75, 3.05) is 17.4 Å². The molecular formula is C13H15ClINOS. The van der Waals surface area contributed by atoms with Gasteiger partial charge in [-0.05, 0) is 64.6 Å². The Morgan fingerprint density at radius 3 is 2.78 bits per heavy atom. The zero-order chi connectivity index (χ0) is 13.0. The lowest BCUT2D eigenvalue weighted by atomic mass is 9.84. The Kier molecular flexibility index (Phi) is 5.21. The van der Waals surface area contributed by atoms with Crippen LogP contribution in [-0.4, -0.2) is 23.3 Å². The molecule has 1 amide bonds. The maximum absolute atomic E-state index is 11.7. The monoisotopic (exact) mass is 395 g/mol. The zero-order valence-electron chi connectivity index (χ0n) is 9.92. The summed E-state index contributed by atoms with van der Waals surface area (Å²) in [4.78, 5) is 11.7. The van der Waals surface area contributed by atoms with E-state index in [0.29, 0.717) is 0 Å². The first kappa shape index (κ1) is 14.5. The number of hydrogen-bond acceptors (Lipinski definition) is 2. The number of amides is 1. The first-order chi connectivity index (χ1) is 8.66. The Bertz CT molecular complexity index is 435. The van der Waals surface area contributed by atoms with Crippen LogP contribution in [0.25, 0.3) is 0 Å². The van der Waals surface area contributed by atoms with E-state index >= 15 is 0 Å². The molecule has 0 bridgehead atoms. The van der Waals surface area contributed by atoms with E-state index in [4.69, 9.17) is 11.6 Å². The van der Waals surface area contributed by atoms with Crippen LogP contribution in [0.5, 0.6) is 0 Å². The van der Waals surface area contributed by atoms with E-state index < -0.39 is 0 Å². The number of nitrogens with one attached hydrogen (secondary N) is 1. The van der Waals surface area contributed by atoms with Gasteiger partial charge in [0.15, 0.2) is 0 Å². The third kappa shape index (κ3) is 3.33. The largest absolute Gasteiger partial charge is 0.345 e. The number of hydrogen-bond donors (Lipinski definition) is 1. The molecule has 0 atom stereocenters. The fourth-order valence-electron chi connectivity index (χ4n) is 2.29. The van der Waals surface area contributed by atoms with Crippen LogP contribution in [0.2, 0.25) is 0 Å². The van der Waals surface area contributed by atoms with Gasteiger partial charge in [-0.2, -0.15) is 11.8 Å². The SMILES string of the molecule is O=C(CCl)NC1(c2cccc(I)c2)CCSCC1. The third-order valence-electron chi connectivity index (χ3n) is 3.22. The van der Waals surface area contributed by atoms with Crippen LogP contribution in [0.15, 0.2) is 24.3 Å². The van der Waals surface area contributed by atoms with Crippen molar-refractivity contribution in [2.45, 2.75) is 18.4 Å². The minimum absolute atomic E-state index is 0.0266. The second kappa shape index (κ2) is 6.48. The van der Waals surface area contributed by atoms with Crippen LogP contribution in [0.3, 0.4) is 0 Å². The fraction of sp³-hybridized carbons (Fsp3) is 0.462. The van der Waals surface area contributed by atoms with Crippen molar-refractivity contribution in [3.05, 3.63) is 33.4 Å². The molecule has 1 heterocycles. The summed E-state index contributed by atoms with van der Waals surface area (Å²) in [7, 11) is 0. The molecule has 1 saturated heterocycles. The summed E-state index contributed by atoms with van der Waals surface area (Å²) >= 11 is 9.89. The molecule has 1 fully saturated rings. The third-order valence-corrected chi connectivity index (χ3v) is 5.12. The lowest BCUT2D eigenvalue weighted by Gasteiger charge is -2.38. The summed E-state index contributed by atoms with van der Waals surface area (Å²) in [6, 6.07) is 8.38. The lowest BCUT2D eigenvalue weighted by molar-refractivity contribution is -0.120. The average molecular weight is 396 g/mol. The Morgan fingerprint density at radius 2 is 2.17 bits per heavy atom. The summed E-state index contributed by atoms with van der Waals surface area (Å²) in [6.07, 6.45) is 1.95. The molecule has 0 radical (unpaired) electrons. The average Bonchev–Trinajstić information content (AvgIpc) is 2.39. The summed E-state index contributed by atoms with van der Waals surface area (Å²) in [5.41, 5.74) is 0.978. The molecule has 1 N–H and O–H groups in total. The molecule has 0 aromatic heterocycles. The highest BCUT2D eigenvalue weighted by Crippen LogP contribution is 2.36. The Hall–Kier alpha value is 0.0600. The van der Waals surface area contributed by atoms with Crippen LogP contribution in [0.4, 0.5) is 0 Å². The highest BCUT2D eigenvalue weighted by Gasteiger charge is 2.35. The maximum Gasteiger partial charge on any atom is 0.235 e. The van der Waals surface area contributed by atoms with Crippen molar-refractivity contribution in [1.82, 2.24) is 5.32 Å². The van der Waals surface area contributed by atoms with Gasteiger partial charge in [0, 0.05) is 3.57 Å². The predicted molar refractivity (Wildman–Crippen MR) is 86.3 cm³/mol. The van der Waals surface area contributed by atoms with Gasteiger partial charge in [0.25, 0.3) is 0 Å². The molecule has 2 rings (SSSR count). The zero-order valence-corrected chi connectivity index (χ0v) is 13.6. The number of halogens is 2. The summed E-state index contributed by atoms with van der Waals surface area (Å²) in [5.74, 6) is 2.10. The van der Waals surface area contributed by atoms with Gasteiger partial charge in [-0.15, -0.1) is 11.6 Å². The van der Waals surface area contributed by atoms with Crippen LogP contribution < -0.4 is 5.32 Å². The van der Waals surface area contributed by atoms with Crippen molar-refractivity contribution in [1.29, 1.82) is 0 Å². The smallest absolute Gasteiger partial charge is 0.235 e. The second-order valence-corrected chi connectivity index (χ2v) is 7.12.